The average molecular weight is 207 g/mol. The molecule has 0 saturated heterocycles. The van der Waals surface area contributed by atoms with Crippen LogP contribution >= 0.6 is 0 Å². The summed E-state index contributed by atoms with van der Waals surface area (Å²) in [6.07, 6.45) is 0. The van der Waals surface area contributed by atoms with Gasteiger partial charge in [-0.2, -0.15) is 0 Å². The SMILES string of the molecule is O=c1oc2ccccc2c(=O)n1CCO. The average Bonchev–Trinajstić information content (AvgIpc) is 2.24. The molecule has 78 valence electrons. The van der Waals surface area contributed by atoms with Crippen LogP contribution in [-0.2, 0) is 6.54 Å². The standard InChI is InChI=1S/C10H9NO4/c12-6-5-11-9(13)7-3-1-2-4-8(7)15-10(11)14/h1-4,12H,5-6H2. The Hall–Kier alpha value is -1.88. The van der Waals surface area contributed by atoms with Crippen LogP contribution in [0.1, 0.15) is 0 Å². The summed E-state index contributed by atoms with van der Waals surface area (Å²) in [4.78, 5) is 23.1. The maximum atomic E-state index is 11.7. The fourth-order valence-corrected chi connectivity index (χ4v) is 1.40. The number of aliphatic hydroxyl groups is 1. The smallest absolute Gasteiger partial charge is 0.409 e. The highest BCUT2D eigenvalue weighted by atomic mass is 16.4. The molecule has 1 aromatic carbocycles. The van der Waals surface area contributed by atoms with E-state index in [9.17, 15) is 9.59 Å². The Kier molecular flexibility index (Phi) is 2.39. The third kappa shape index (κ3) is 1.57. The van der Waals surface area contributed by atoms with E-state index >= 15 is 0 Å². The van der Waals surface area contributed by atoms with Gasteiger partial charge in [0.05, 0.1) is 18.5 Å². The number of aliphatic hydroxyl groups excluding tert-OH is 1. The summed E-state index contributed by atoms with van der Waals surface area (Å²) in [5.74, 6) is -0.743. The molecule has 0 radical (unpaired) electrons. The molecule has 1 aromatic heterocycles. The van der Waals surface area contributed by atoms with Gasteiger partial charge in [-0.3, -0.25) is 4.79 Å². The molecular weight excluding hydrogens is 198 g/mol. The Bertz CT molecular complexity index is 596. The van der Waals surface area contributed by atoms with E-state index in [1.807, 2.05) is 0 Å². The van der Waals surface area contributed by atoms with E-state index in [1.165, 1.54) is 0 Å². The summed E-state index contributed by atoms with van der Waals surface area (Å²) in [5, 5.41) is 9.04. The molecule has 2 rings (SSSR count). The Balaban J connectivity index is 2.85. The molecule has 0 aliphatic heterocycles. The topological polar surface area (TPSA) is 72.4 Å². The molecule has 5 heteroatoms. The fourth-order valence-electron chi connectivity index (χ4n) is 1.40. The van der Waals surface area contributed by atoms with Gasteiger partial charge in [0.2, 0.25) is 0 Å². The highest BCUT2D eigenvalue weighted by molar-refractivity contribution is 5.74. The minimum absolute atomic E-state index is 0.0496. The van der Waals surface area contributed by atoms with Crippen molar-refractivity contribution < 1.29 is 9.52 Å². The zero-order valence-corrected chi connectivity index (χ0v) is 7.84. The lowest BCUT2D eigenvalue weighted by Gasteiger charge is -2.01. The lowest BCUT2D eigenvalue weighted by molar-refractivity contribution is 0.265. The van der Waals surface area contributed by atoms with Gasteiger partial charge >= 0.3 is 5.76 Å². The molecule has 0 spiro atoms. The molecule has 0 bridgehead atoms. The van der Waals surface area contributed by atoms with E-state index in [4.69, 9.17) is 9.52 Å². The number of fused-ring (bicyclic) bond motifs is 1. The number of aromatic nitrogens is 1. The molecule has 0 aliphatic carbocycles. The predicted octanol–water partition coefficient (Wildman–Crippen LogP) is -0.0530. The van der Waals surface area contributed by atoms with Gasteiger partial charge in [0, 0.05) is 0 Å². The second kappa shape index (κ2) is 3.70. The first kappa shape index (κ1) is 9.67. The Labute approximate surface area is 84.2 Å². The normalized spacial score (nSPS) is 10.7. The van der Waals surface area contributed by atoms with E-state index < -0.39 is 11.3 Å². The number of hydrogen-bond donors (Lipinski definition) is 1. The van der Waals surface area contributed by atoms with Gasteiger partial charge in [-0.05, 0) is 12.1 Å². The van der Waals surface area contributed by atoms with Gasteiger partial charge in [-0.15, -0.1) is 0 Å². The number of para-hydroxylation sites is 1. The quantitative estimate of drug-likeness (QED) is 0.749. The maximum Gasteiger partial charge on any atom is 0.422 e. The molecule has 0 unspecified atom stereocenters. The third-order valence-corrected chi connectivity index (χ3v) is 2.10. The number of benzene rings is 1. The predicted molar refractivity (Wildman–Crippen MR) is 53.8 cm³/mol. The molecule has 15 heavy (non-hydrogen) atoms. The zero-order valence-electron chi connectivity index (χ0n) is 7.84. The van der Waals surface area contributed by atoms with E-state index in [1.54, 1.807) is 24.3 Å². The van der Waals surface area contributed by atoms with Crippen LogP contribution in [0.15, 0.2) is 38.3 Å². The van der Waals surface area contributed by atoms with Crippen LogP contribution in [0.2, 0.25) is 0 Å². The molecular formula is C10H9NO4. The van der Waals surface area contributed by atoms with Crippen molar-refractivity contribution >= 4 is 11.0 Å². The largest absolute Gasteiger partial charge is 0.422 e. The first-order chi connectivity index (χ1) is 7.24. The molecule has 0 aliphatic rings. The van der Waals surface area contributed by atoms with Crippen molar-refractivity contribution in [2.45, 2.75) is 6.54 Å². The first-order valence-corrected chi connectivity index (χ1v) is 4.47. The monoisotopic (exact) mass is 207 g/mol. The minimum Gasteiger partial charge on any atom is -0.409 e. The molecule has 5 nitrogen and oxygen atoms in total. The second-order valence-electron chi connectivity index (χ2n) is 3.04. The van der Waals surface area contributed by atoms with Crippen LogP contribution < -0.4 is 11.3 Å². The van der Waals surface area contributed by atoms with Gasteiger partial charge in [-0.25, -0.2) is 9.36 Å². The Morgan fingerprint density at radius 3 is 2.73 bits per heavy atom. The zero-order chi connectivity index (χ0) is 10.8. The Morgan fingerprint density at radius 2 is 2.00 bits per heavy atom. The first-order valence-electron chi connectivity index (χ1n) is 4.47. The number of rotatable bonds is 2. The summed E-state index contributed by atoms with van der Waals surface area (Å²) in [5.41, 5.74) is -0.169. The summed E-state index contributed by atoms with van der Waals surface area (Å²) >= 11 is 0. The lowest BCUT2D eigenvalue weighted by Crippen LogP contribution is -2.33. The Morgan fingerprint density at radius 1 is 1.27 bits per heavy atom. The highest BCUT2D eigenvalue weighted by Crippen LogP contribution is 2.05. The van der Waals surface area contributed by atoms with Crippen LogP contribution in [0.3, 0.4) is 0 Å². The number of hydrogen-bond acceptors (Lipinski definition) is 4. The summed E-state index contributed by atoms with van der Waals surface area (Å²) in [6, 6.07) is 6.50. The molecule has 0 fully saturated rings. The lowest BCUT2D eigenvalue weighted by atomic mass is 10.2. The second-order valence-corrected chi connectivity index (χ2v) is 3.04. The van der Waals surface area contributed by atoms with E-state index in [2.05, 4.69) is 0 Å². The van der Waals surface area contributed by atoms with E-state index in [0.29, 0.717) is 5.39 Å². The minimum atomic E-state index is -0.743. The molecule has 2 aromatic rings. The molecule has 0 amide bonds. The molecule has 0 saturated carbocycles. The van der Waals surface area contributed by atoms with Gasteiger partial charge < -0.3 is 9.52 Å². The van der Waals surface area contributed by atoms with Crippen molar-refractivity contribution in [3.8, 4) is 0 Å². The van der Waals surface area contributed by atoms with Crippen LogP contribution in [0.25, 0.3) is 11.0 Å². The van der Waals surface area contributed by atoms with Crippen molar-refractivity contribution in [2.24, 2.45) is 0 Å². The third-order valence-electron chi connectivity index (χ3n) is 2.10. The van der Waals surface area contributed by atoms with Crippen LogP contribution in [0.5, 0.6) is 0 Å². The van der Waals surface area contributed by atoms with Crippen molar-refractivity contribution in [2.75, 3.05) is 6.61 Å². The van der Waals surface area contributed by atoms with Gasteiger partial charge in [0.25, 0.3) is 5.56 Å². The fraction of sp³-hybridized carbons (Fsp3) is 0.200. The van der Waals surface area contributed by atoms with Crippen LogP contribution in [0.4, 0.5) is 0 Å². The van der Waals surface area contributed by atoms with Crippen molar-refractivity contribution in [3.05, 3.63) is 45.2 Å². The van der Waals surface area contributed by atoms with Crippen molar-refractivity contribution in [1.82, 2.24) is 4.57 Å². The van der Waals surface area contributed by atoms with Crippen LogP contribution in [0, 0.1) is 0 Å². The number of nitrogens with zero attached hydrogens (tertiary/aromatic N) is 1. The molecule has 1 N–H and O–H groups in total. The van der Waals surface area contributed by atoms with Crippen molar-refractivity contribution in [1.29, 1.82) is 0 Å². The van der Waals surface area contributed by atoms with E-state index in [-0.39, 0.29) is 18.7 Å². The summed E-state index contributed by atoms with van der Waals surface area (Å²) in [6.45, 7) is -0.324. The van der Waals surface area contributed by atoms with Gasteiger partial charge in [0.15, 0.2) is 0 Å². The highest BCUT2D eigenvalue weighted by Gasteiger charge is 2.07. The van der Waals surface area contributed by atoms with Gasteiger partial charge in [-0.1, -0.05) is 12.1 Å². The van der Waals surface area contributed by atoms with Crippen molar-refractivity contribution in [3.63, 3.8) is 0 Å². The maximum absolute atomic E-state index is 11.7. The van der Waals surface area contributed by atoms with Gasteiger partial charge in [0.1, 0.15) is 5.58 Å². The summed E-state index contributed by atoms with van der Waals surface area (Å²) < 4.78 is 5.80. The molecule has 0 atom stereocenters. The molecule has 1 heterocycles. The van der Waals surface area contributed by atoms with E-state index in [0.717, 1.165) is 4.57 Å². The van der Waals surface area contributed by atoms with Crippen LogP contribution in [-0.4, -0.2) is 16.3 Å². The summed E-state index contributed by atoms with van der Waals surface area (Å²) in [7, 11) is 0.